The molecule has 68 valence electrons. The molecule has 0 aliphatic rings. The largest absolute Gasteiger partial charge is 0.240 e. The number of hydrogen-bond acceptors (Lipinski definition) is 1. The second-order valence-electron chi connectivity index (χ2n) is 3.07. The van der Waals surface area contributed by atoms with Crippen LogP contribution in [0.5, 0.6) is 0 Å². The van der Waals surface area contributed by atoms with Gasteiger partial charge in [0.2, 0.25) is 0 Å². The Kier molecular flexibility index (Phi) is 4.01. The predicted octanol–water partition coefficient (Wildman–Crippen LogP) is 3.17. The van der Waals surface area contributed by atoms with Gasteiger partial charge in [0, 0.05) is 6.08 Å². The van der Waals surface area contributed by atoms with E-state index >= 15 is 0 Å². The average Bonchev–Trinajstić information content (AvgIpc) is 2.19. The first kappa shape index (κ1) is 9.76. The van der Waals surface area contributed by atoms with Crippen molar-refractivity contribution in [1.29, 1.82) is 0 Å². The molecule has 0 saturated carbocycles. The molecule has 0 bridgehead atoms. The van der Waals surface area contributed by atoms with Crippen molar-refractivity contribution in [2.75, 3.05) is 0 Å². The molecule has 1 nitrogen and oxygen atoms in total. The topological polar surface area (TPSA) is 12.4 Å². The lowest BCUT2D eigenvalue weighted by atomic mass is 10.2. The van der Waals surface area contributed by atoms with Gasteiger partial charge >= 0.3 is 0 Å². The van der Waals surface area contributed by atoms with Crippen molar-refractivity contribution in [2.45, 2.75) is 26.3 Å². The Morgan fingerprint density at radius 1 is 1.38 bits per heavy atom. The number of aliphatic imine (C=N–C) groups is 1. The van der Waals surface area contributed by atoms with E-state index in [4.69, 9.17) is 0 Å². The Hall–Kier alpha value is -1.33. The fraction of sp³-hybridized carbons (Fsp3) is 0.333. The van der Waals surface area contributed by atoms with Crippen molar-refractivity contribution in [3.63, 3.8) is 0 Å². The van der Waals surface area contributed by atoms with E-state index in [1.165, 1.54) is 0 Å². The van der Waals surface area contributed by atoms with E-state index in [0.29, 0.717) is 6.04 Å². The van der Waals surface area contributed by atoms with Crippen LogP contribution in [0.1, 0.15) is 25.8 Å². The molecule has 0 radical (unpaired) electrons. The molecule has 1 aromatic rings. The molecule has 1 unspecified atom stereocenters. The zero-order valence-corrected chi connectivity index (χ0v) is 8.20. The van der Waals surface area contributed by atoms with E-state index in [2.05, 4.69) is 24.7 Å². The Labute approximate surface area is 79.8 Å². The van der Waals surface area contributed by atoms with Crippen LogP contribution >= 0.6 is 0 Å². The first-order valence-electron chi connectivity index (χ1n) is 4.66. The molecule has 13 heavy (non-hydrogen) atoms. The quantitative estimate of drug-likeness (QED) is 0.622. The maximum atomic E-state index is 4.23. The summed E-state index contributed by atoms with van der Waals surface area (Å²) in [6.45, 7) is 4.21. The molecule has 1 atom stereocenters. The van der Waals surface area contributed by atoms with Gasteiger partial charge in [-0.1, -0.05) is 37.3 Å². The van der Waals surface area contributed by atoms with E-state index in [1.54, 1.807) is 0 Å². The molecule has 0 heterocycles. The van der Waals surface area contributed by atoms with Crippen LogP contribution in [0.2, 0.25) is 0 Å². The summed E-state index contributed by atoms with van der Waals surface area (Å²) in [5.41, 5.74) is 1.15. The van der Waals surface area contributed by atoms with Crippen molar-refractivity contribution in [1.82, 2.24) is 0 Å². The molecule has 0 saturated heterocycles. The Bertz CT molecular complexity index is 294. The minimum Gasteiger partial charge on any atom is -0.240 e. The van der Waals surface area contributed by atoms with Gasteiger partial charge in [-0.15, -0.1) is 0 Å². The molecule has 0 aliphatic carbocycles. The maximum absolute atomic E-state index is 4.23. The normalized spacial score (nSPS) is 11.5. The Morgan fingerprint density at radius 3 is 2.69 bits per heavy atom. The summed E-state index contributed by atoms with van der Waals surface area (Å²) in [5, 5.41) is 0. The molecule has 1 heteroatoms. The van der Waals surface area contributed by atoms with E-state index in [0.717, 1.165) is 12.0 Å². The third-order valence-corrected chi connectivity index (χ3v) is 1.92. The zero-order chi connectivity index (χ0) is 9.52. The van der Waals surface area contributed by atoms with Gasteiger partial charge in [0.25, 0.3) is 0 Å². The monoisotopic (exact) mass is 173 g/mol. The molecule has 0 aliphatic heterocycles. The highest BCUT2D eigenvalue weighted by atomic mass is 14.7. The molecule has 1 aromatic carbocycles. The SMILES string of the molecule is CCC(C)N=C=Cc1ccccc1. The number of nitrogens with zero attached hydrogens (tertiary/aromatic N) is 1. The highest BCUT2D eigenvalue weighted by molar-refractivity contribution is 5.77. The van der Waals surface area contributed by atoms with Gasteiger partial charge < -0.3 is 0 Å². The molecular weight excluding hydrogens is 158 g/mol. The summed E-state index contributed by atoms with van der Waals surface area (Å²) in [7, 11) is 0. The van der Waals surface area contributed by atoms with Crippen molar-refractivity contribution in [2.24, 2.45) is 4.99 Å². The van der Waals surface area contributed by atoms with Crippen LogP contribution in [0.15, 0.2) is 35.3 Å². The van der Waals surface area contributed by atoms with Crippen LogP contribution < -0.4 is 0 Å². The molecule has 0 N–H and O–H groups in total. The summed E-state index contributed by atoms with van der Waals surface area (Å²) >= 11 is 0. The lowest BCUT2D eigenvalue weighted by Gasteiger charge is -1.94. The number of hydrogen-bond donors (Lipinski definition) is 0. The molecule has 0 spiro atoms. The Balaban J connectivity index is 2.63. The van der Waals surface area contributed by atoms with Crippen LogP contribution in [-0.4, -0.2) is 11.9 Å². The third kappa shape index (κ3) is 3.73. The van der Waals surface area contributed by atoms with Gasteiger partial charge in [-0.25, -0.2) is 4.99 Å². The Morgan fingerprint density at radius 2 is 2.08 bits per heavy atom. The molecule has 0 aromatic heterocycles. The van der Waals surface area contributed by atoms with Crippen molar-refractivity contribution in [3.8, 4) is 0 Å². The van der Waals surface area contributed by atoms with Crippen LogP contribution in [-0.2, 0) is 0 Å². The standard InChI is InChI=1S/C12H15N/c1-3-11(2)13-10-9-12-7-5-4-6-8-12/h4-9,11H,3H2,1-2H3. The minimum absolute atomic E-state index is 0.375. The molecule has 0 amide bonds. The van der Waals surface area contributed by atoms with Gasteiger partial charge in [0.05, 0.1) is 6.04 Å². The van der Waals surface area contributed by atoms with Gasteiger partial charge in [-0.05, 0) is 24.8 Å². The maximum Gasteiger partial charge on any atom is 0.0563 e. The van der Waals surface area contributed by atoms with Crippen LogP contribution in [0.25, 0.3) is 6.08 Å². The summed E-state index contributed by atoms with van der Waals surface area (Å²) in [6, 6.07) is 10.5. The number of rotatable bonds is 3. The predicted molar refractivity (Wildman–Crippen MR) is 58.1 cm³/mol. The summed E-state index contributed by atoms with van der Waals surface area (Å²) in [4.78, 5) is 4.23. The summed E-state index contributed by atoms with van der Waals surface area (Å²) < 4.78 is 0. The fourth-order valence-electron chi connectivity index (χ4n) is 0.880. The lowest BCUT2D eigenvalue weighted by Crippen LogP contribution is -1.91. The van der Waals surface area contributed by atoms with Gasteiger partial charge in [0.1, 0.15) is 0 Å². The van der Waals surface area contributed by atoms with E-state index in [1.807, 2.05) is 36.4 Å². The van der Waals surface area contributed by atoms with Gasteiger partial charge in [-0.2, -0.15) is 0 Å². The molecular formula is C12H15N. The first-order valence-corrected chi connectivity index (χ1v) is 4.66. The zero-order valence-electron chi connectivity index (χ0n) is 8.20. The van der Waals surface area contributed by atoms with Crippen LogP contribution in [0.4, 0.5) is 0 Å². The van der Waals surface area contributed by atoms with Crippen molar-refractivity contribution >= 4 is 11.9 Å². The second-order valence-corrected chi connectivity index (χ2v) is 3.07. The van der Waals surface area contributed by atoms with Crippen LogP contribution in [0.3, 0.4) is 0 Å². The van der Waals surface area contributed by atoms with Gasteiger partial charge in [-0.3, -0.25) is 0 Å². The highest BCUT2D eigenvalue weighted by Crippen LogP contribution is 1.98. The van der Waals surface area contributed by atoms with Crippen molar-refractivity contribution in [3.05, 3.63) is 35.9 Å². The van der Waals surface area contributed by atoms with E-state index < -0.39 is 0 Å². The third-order valence-electron chi connectivity index (χ3n) is 1.92. The molecule has 0 fully saturated rings. The smallest absolute Gasteiger partial charge is 0.0563 e. The van der Waals surface area contributed by atoms with Crippen LogP contribution in [0, 0.1) is 0 Å². The average molecular weight is 173 g/mol. The van der Waals surface area contributed by atoms with E-state index in [-0.39, 0.29) is 0 Å². The second kappa shape index (κ2) is 5.34. The lowest BCUT2D eigenvalue weighted by molar-refractivity contribution is 0.722. The fourth-order valence-corrected chi connectivity index (χ4v) is 0.880. The summed E-state index contributed by atoms with van der Waals surface area (Å²) in [5.74, 6) is 2.95. The summed E-state index contributed by atoms with van der Waals surface area (Å²) in [6.07, 6.45) is 2.97. The van der Waals surface area contributed by atoms with Gasteiger partial charge in [0.15, 0.2) is 0 Å². The molecule has 1 rings (SSSR count). The van der Waals surface area contributed by atoms with Crippen molar-refractivity contribution < 1.29 is 0 Å². The first-order chi connectivity index (χ1) is 6.33. The highest BCUT2D eigenvalue weighted by Gasteiger charge is 1.88. The van der Waals surface area contributed by atoms with E-state index in [9.17, 15) is 0 Å². The number of benzene rings is 1. The minimum atomic E-state index is 0.375.